The van der Waals surface area contributed by atoms with Crippen molar-refractivity contribution in [3.05, 3.63) is 50.9 Å². The zero-order valence-corrected chi connectivity index (χ0v) is 11.4. The molecule has 0 aliphatic rings. The lowest BCUT2D eigenvalue weighted by atomic mass is 9.93. The van der Waals surface area contributed by atoms with Crippen LogP contribution >= 0.6 is 22.9 Å². The van der Waals surface area contributed by atoms with Gasteiger partial charge in [-0.15, -0.1) is 11.3 Å². The molecule has 0 aliphatic carbocycles. The second kappa shape index (κ2) is 5.17. The summed E-state index contributed by atoms with van der Waals surface area (Å²) in [5.74, 6) is 0.230. The van der Waals surface area contributed by atoms with E-state index in [9.17, 15) is 0 Å². The lowest BCUT2D eigenvalue weighted by molar-refractivity contribution is 0.607. The predicted octanol–water partition coefficient (Wildman–Crippen LogP) is 3.91. The third kappa shape index (κ3) is 2.51. The van der Waals surface area contributed by atoms with Crippen LogP contribution in [0, 0.1) is 6.92 Å². The maximum atomic E-state index is 6.29. The van der Waals surface area contributed by atoms with Crippen molar-refractivity contribution in [3.63, 3.8) is 0 Å². The van der Waals surface area contributed by atoms with Gasteiger partial charge in [0, 0.05) is 29.2 Å². The van der Waals surface area contributed by atoms with E-state index in [2.05, 4.69) is 17.3 Å². The molecule has 0 aliphatic heterocycles. The number of pyridine rings is 1. The van der Waals surface area contributed by atoms with Crippen LogP contribution in [0.5, 0.6) is 0 Å². The van der Waals surface area contributed by atoms with Gasteiger partial charge in [0.15, 0.2) is 0 Å². The molecule has 2 nitrogen and oxygen atoms in total. The van der Waals surface area contributed by atoms with E-state index in [0.717, 1.165) is 15.5 Å². The van der Waals surface area contributed by atoms with E-state index in [1.54, 1.807) is 23.7 Å². The highest BCUT2D eigenvalue weighted by molar-refractivity contribution is 7.10. The zero-order valence-electron chi connectivity index (χ0n) is 9.85. The Hall–Kier alpha value is -0.900. The Morgan fingerprint density at radius 3 is 2.53 bits per heavy atom. The minimum atomic E-state index is -0.0661. The first-order valence-electron chi connectivity index (χ1n) is 5.50. The van der Waals surface area contributed by atoms with Crippen molar-refractivity contribution < 1.29 is 0 Å². The smallest absolute Gasteiger partial charge is 0.0590 e. The number of hydrogen-bond donors (Lipinski definition) is 1. The van der Waals surface area contributed by atoms with Gasteiger partial charge in [-0.2, -0.15) is 0 Å². The Morgan fingerprint density at radius 1 is 1.35 bits per heavy atom. The fourth-order valence-electron chi connectivity index (χ4n) is 1.78. The Kier molecular flexibility index (Phi) is 3.82. The third-order valence-corrected chi connectivity index (χ3v) is 4.81. The molecule has 2 aromatic heterocycles. The van der Waals surface area contributed by atoms with Crippen LogP contribution in [0.15, 0.2) is 29.9 Å². The molecule has 2 heterocycles. The number of aryl methyl sites for hydroxylation is 1. The molecule has 0 amide bonds. The van der Waals surface area contributed by atoms with Crippen molar-refractivity contribution in [2.45, 2.75) is 25.8 Å². The van der Waals surface area contributed by atoms with Crippen molar-refractivity contribution in [3.8, 4) is 0 Å². The molecular formula is C13H15ClN2S. The summed E-state index contributed by atoms with van der Waals surface area (Å²) in [6.07, 6.45) is 3.58. The lowest BCUT2D eigenvalue weighted by Gasteiger charge is -2.19. The van der Waals surface area contributed by atoms with E-state index < -0.39 is 0 Å². The summed E-state index contributed by atoms with van der Waals surface area (Å²) in [5.41, 5.74) is 8.58. The van der Waals surface area contributed by atoms with Crippen LogP contribution < -0.4 is 5.73 Å². The molecule has 2 N–H and O–H groups in total. The van der Waals surface area contributed by atoms with Gasteiger partial charge in [0.25, 0.3) is 0 Å². The molecule has 17 heavy (non-hydrogen) atoms. The maximum absolute atomic E-state index is 6.29. The molecule has 0 bridgehead atoms. The quantitative estimate of drug-likeness (QED) is 0.915. The van der Waals surface area contributed by atoms with E-state index in [1.165, 1.54) is 5.56 Å². The summed E-state index contributed by atoms with van der Waals surface area (Å²) in [6.45, 7) is 4.12. The zero-order chi connectivity index (χ0) is 12.4. The Balaban J connectivity index is 2.26. The second-order valence-corrected chi connectivity index (χ2v) is 5.48. The molecule has 2 aromatic rings. The largest absolute Gasteiger partial charge is 0.323 e. The van der Waals surface area contributed by atoms with Crippen LogP contribution in [-0.2, 0) is 0 Å². The fourth-order valence-corrected chi connectivity index (χ4v) is 3.20. The molecule has 2 unspecified atom stereocenters. The van der Waals surface area contributed by atoms with Crippen molar-refractivity contribution in [1.82, 2.24) is 4.98 Å². The number of thiophene rings is 1. The molecule has 0 aromatic carbocycles. The third-order valence-electron chi connectivity index (χ3n) is 3.00. The molecule has 2 rings (SSSR count). The number of halogens is 1. The summed E-state index contributed by atoms with van der Waals surface area (Å²) in [4.78, 5) is 5.08. The van der Waals surface area contributed by atoms with Gasteiger partial charge in [0.1, 0.15) is 0 Å². The van der Waals surface area contributed by atoms with Gasteiger partial charge in [0.05, 0.1) is 5.02 Å². The van der Waals surface area contributed by atoms with E-state index in [1.807, 2.05) is 19.1 Å². The van der Waals surface area contributed by atoms with Crippen LogP contribution in [0.3, 0.4) is 0 Å². The van der Waals surface area contributed by atoms with Crippen LogP contribution in [-0.4, -0.2) is 4.98 Å². The van der Waals surface area contributed by atoms with Gasteiger partial charge >= 0.3 is 0 Å². The summed E-state index contributed by atoms with van der Waals surface area (Å²) in [5, 5.41) is 2.86. The fraction of sp³-hybridized carbons (Fsp3) is 0.308. The van der Waals surface area contributed by atoms with Gasteiger partial charge in [0.2, 0.25) is 0 Å². The van der Waals surface area contributed by atoms with E-state index in [4.69, 9.17) is 17.3 Å². The average molecular weight is 267 g/mol. The second-order valence-electron chi connectivity index (χ2n) is 4.19. The van der Waals surface area contributed by atoms with Crippen LogP contribution in [0.25, 0.3) is 0 Å². The predicted molar refractivity (Wildman–Crippen MR) is 73.6 cm³/mol. The van der Waals surface area contributed by atoms with Gasteiger partial charge < -0.3 is 5.73 Å². The van der Waals surface area contributed by atoms with Crippen molar-refractivity contribution in [2.24, 2.45) is 5.73 Å². The number of hydrogen-bond acceptors (Lipinski definition) is 3. The highest BCUT2D eigenvalue weighted by Gasteiger charge is 2.21. The highest BCUT2D eigenvalue weighted by atomic mass is 35.5. The van der Waals surface area contributed by atoms with Crippen LogP contribution in [0.2, 0.25) is 5.02 Å². The summed E-state index contributed by atoms with van der Waals surface area (Å²) in [7, 11) is 0. The molecular weight excluding hydrogens is 252 g/mol. The normalized spacial score (nSPS) is 14.6. The molecule has 0 radical (unpaired) electrons. The molecule has 0 saturated carbocycles. The number of aromatic nitrogens is 1. The summed E-state index contributed by atoms with van der Waals surface area (Å²) >= 11 is 7.89. The van der Waals surface area contributed by atoms with Gasteiger partial charge in [-0.25, -0.2) is 0 Å². The minimum Gasteiger partial charge on any atom is -0.323 e. The molecule has 90 valence electrons. The minimum absolute atomic E-state index is 0.0661. The average Bonchev–Trinajstić information content (AvgIpc) is 2.69. The van der Waals surface area contributed by atoms with Gasteiger partial charge in [-0.3, -0.25) is 4.98 Å². The van der Waals surface area contributed by atoms with Crippen molar-refractivity contribution in [2.75, 3.05) is 0 Å². The van der Waals surface area contributed by atoms with Crippen LogP contribution in [0.1, 0.15) is 34.9 Å². The summed E-state index contributed by atoms with van der Waals surface area (Å²) < 4.78 is 0. The summed E-state index contributed by atoms with van der Waals surface area (Å²) in [6, 6.07) is 3.93. The van der Waals surface area contributed by atoms with Gasteiger partial charge in [-0.05, 0) is 35.6 Å². The monoisotopic (exact) mass is 266 g/mol. The number of nitrogens with two attached hydrogens (primary N) is 1. The van der Waals surface area contributed by atoms with Crippen molar-refractivity contribution in [1.29, 1.82) is 0 Å². The lowest BCUT2D eigenvalue weighted by Crippen LogP contribution is -2.16. The highest BCUT2D eigenvalue weighted by Crippen LogP contribution is 2.37. The first-order valence-corrected chi connectivity index (χ1v) is 6.76. The standard InChI is InChI=1S/C13H15ClN2S/c1-8-7-17-13(11(8)14)12(15)9(2)10-3-5-16-6-4-10/h3-7,9,12H,15H2,1-2H3. The first kappa shape index (κ1) is 12.6. The van der Waals surface area contributed by atoms with E-state index in [-0.39, 0.29) is 12.0 Å². The topological polar surface area (TPSA) is 38.9 Å². The van der Waals surface area contributed by atoms with E-state index >= 15 is 0 Å². The van der Waals surface area contributed by atoms with Crippen LogP contribution in [0.4, 0.5) is 0 Å². The SMILES string of the molecule is Cc1csc(C(N)C(C)c2ccncc2)c1Cl. The molecule has 0 fully saturated rings. The molecule has 0 saturated heterocycles. The Morgan fingerprint density at radius 2 is 2.00 bits per heavy atom. The molecule has 2 atom stereocenters. The van der Waals surface area contributed by atoms with Gasteiger partial charge in [-0.1, -0.05) is 18.5 Å². The number of nitrogens with zero attached hydrogens (tertiary/aromatic N) is 1. The van der Waals surface area contributed by atoms with Crippen molar-refractivity contribution >= 4 is 22.9 Å². The number of rotatable bonds is 3. The Labute approximate surface area is 110 Å². The first-order chi connectivity index (χ1) is 8.11. The maximum Gasteiger partial charge on any atom is 0.0590 e. The molecule has 0 spiro atoms. The molecule has 4 heteroatoms. The van der Waals surface area contributed by atoms with E-state index in [0.29, 0.717) is 0 Å². The Bertz CT molecular complexity index is 495.